The maximum Gasteiger partial charge on any atom is 0.123 e. The first-order chi connectivity index (χ1) is 12.7. The minimum absolute atomic E-state index is 0.202. The molecule has 2 aromatic heterocycles. The van der Waals surface area contributed by atoms with E-state index < -0.39 is 0 Å². The average molecular weight is 348 g/mol. The van der Waals surface area contributed by atoms with Crippen LogP contribution in [0.1, 0.15) is 17.9 Å². The molecule has 1 fully saturated rings. The molecule has 4 nitrogen and oxygen atoms in total. The van der Waals surface area contributed by atoms with E-state index in [1.807, 2.05) is 36.7 Å². The van der Waals surface area contributed by atoms with Crippen molar-refractivity contribution in [1.82, 2.24) is 19.4 Å². The van der Waals surface area contributed by atoms with Gasteiger partial charge in [0.25, 0.3) is 0 Å². The van der Waals surface area contributed by atoms with Gasteiger partial charge in [0, 0.05) is 37.7 Å². The minimum atomic E-state index is -0.202. The number of benzene rings is 1. The Bertz CT molecular complexity index is 919. The lowest BCUT2D eigenvalue weighted by molar-refractivity contribution is 0.245. The topological polar surface area (TPSA) is 34.0 Å². The molecule has 0 N–H and O–H groups in total. The summed E-state index contributed by atoms with van der Waals surface area (Å²) >= 11 is 0. The van der Waals surface area contributed by atoms with Crippen molar-refractivity contribution in [1.29, 1.82) is 0 Å². The highest BCUT2D eigenvalue weighted by molar-refractivity contribution is 5.59. The molecule has 2 aliphatic rings. The third-order valence-corrected chi connectivity index (χ3v) is 5.73. The molecule has 1 atom stereocenters. The SMILES string of the molecule is Fc1ccc(-c2cnc3n2CC2(CCN(Cc4ccccn4)C2)C3)cc1. The van der Waals surface area contributed by atoms with Crippen LogP contribution < -0.4 is 0 Å². The van der Waals surface area contributed by atoms with Crippen LogP contribution in [0.15, 0.2) is 54.9 Å². The maximum atomic E-state index is 13.2. The van der Waals surface area contributed by atoms with Crippen LogP contribution in [0.25, 0.3) is 11.3 Å². The first-order valence-electron chi connectivity index (χ1n) is 9.13. The van der Waals surface area contributed by atoms with Gasteiger partial charge in [-0.05, 0) is 54.9 Å². The standard InChI is InChI=1S/C21H21FN4/c22-17-6-4-16(5-7-17)19-12-24-20-11-21(15-26(19)20)8-10-25(14-21)13-18-3-1-2-9-23-18/h1-7,9,12H,8,10-11,13-15H2. The van der Waals surface area contributed by atoms with Gasteiger partial charge in [0.05, 0.1) is 17.6 Å². The zero-order valence-electron chi connectivity index (χ0n) is 14.6. The lowest BCUT2D eigenvalue weighted by Crippen LogP contribution is -2.28. The molecule has 1 unspecified atom stereocenters. The summed E-state index contributed by atoms with van der Waals surface area (Å²) in [7, 11) is 0. The number of halogens is 1. The Hall–Kier alpha value is -2.53. The van der Waals surface area contributed by atoms with Gasteiger partial charge in [0.2, 0.25) is 0 Å². The molecule has 132 valence electrons. The van der Waals surface area contributed by atoms with Gasteiger partial charge in [-0.1, -0.05) is 6.07 Å². The molecule has 5 heteroatoms. The highest BCUT2D eigenvalue weighted by atomic mass is 19.1. The molecule has 1 saturated heterocycles. The van der Waals surface area contributed by atoms with Crippen LogP contribution in [0.2, 0.25) is 0 Å². The van der Waals surface area contributed by atoms with E-state index in [0.717, 1.165) is 55.4 Å². The second-order valence-electron chi connectivity index (χ2n) is 7.61. The number of hydrogen-bond donors (Lipinski definition) is 0. The fraction of sp³-hybridized carbons (Fsp3) is 0.333. The molecular formula is C21H21FN4. The van der Waals surface area contributed by atoms with Crippen LogP contribution in [-0.4, -0.2) is 32.5 Å². The molecule has 5 rings (SSSR count). The summed E-state index contributed by atoms with van der Waals surface area (Å²) in [6.45, 7) is 4.09. The van der Waals surface area contributed by atoms with Gasteiger partial charge in [-0.3, -0.25) is 9.88 Å². The highest BCUT2D eigenvalue weighted by Gasteiger charge is 2.44. The second kappa shape index (κ2) is 6.02. The lowest BCUT2D eigenvalue weighted by atomic mass is 9.86. The predicted molar refractivity (Wildman–Crippen MR) is 97.9 cm³/mol. The van der Waals surface area contributed by atoms with Crippen LogP contribution in [-0.2, 0) is 19.5 Å². The van der Waals surface area contributed by atoms with Crippen molar-refractivity contribution in [2.24, 2.45) is 5.41 Å². The summed E-state index contributed by atoms with van der Waals surface area (Å²) in [6.07, 6.45) is 6.00. The van der Waals surface area contributed by atoms with Crippen LogP contribution in [0.3, 0.4) is 0 Å². The third kappa shape index (κ3) is 2.72. The van der Waals surface area contributed by atoms with Crippen molar-refractivity contribution in [2.45, 2.75) is 25.9 Å². The molecule has 3 aromatic rings. The van der Waals surface area contributed by atoms with Crippen LogP contribution in [0.4, 0.5) is 4.39 Å². The van der Waals surface area contributed by atoms with Gasteiger partial charge >= 0.3 is 0 Å². The number of likely N-dealkylation sites (tertiary alicyclic amines) is 1. The number of aromatic nitrogens is 3. The number of pyridine rings is 1. The van der Waals surface area contributed by atoms with Crippen LogP contribution in [0, 0.1) is 11.2 Å². The Morgan fingerprint density at radius 1 is 1.04 bits per heavy atom. The van der Waals surface area contributed by atoms with Crippen molar-refractivity contribution in [2.75, 3.05) is 13.1 Å². The van der Waals surface area contributed by atoms with E-state index in [2.05, 4.69) is 25.5 Å². The largest absolute Gasteiger partial charge is 0.327 e. The van der Waals surface area contributed by atoms with Crippen LogP contribution >= 0.6 is 0 Å². The Kier molecular flexibility index (Phi) is 3.64. The van der Waals surface area contributed by atoms with E-state index in [9.17, 15) is 4.39 Å². The minimum Gasteiger partial charge on any atom is -0.327 e. The van der Waals surface area contributed by atoms with E-state index in [1.54, 1.807) is 0 Å². The summed E-state index contributed by atoms with van der Waals surface area (Å²) in [5.74, 6) is 0.955. The monoisotopic (exact) mass is 348 g/mol. The van der Waals surface area contributed by atoms with E-state index in [4.69, 9.17) is 0 Å². The quantitative estimate of drug-likeness (QED) is 0.726. The molecule has 0 saturated carbocycles. The third-order valence-electron chi connectivity index (χ3n) is 5.73. The zero-order chi connectivity index (χ0) is 17.6. The zero-order valence-corrected chi connectivity index (χ0v) is 14.6. The number of fused-ring (bicyclic) bond motifs is 1. The Labute approximate surface area is 152 Å². The first kappa shape index (κ1) is 15.7. The summed E-state index contributed by atoms with van der Waals surface area (Å²) in [5.41, 5.74) is 3.53. The van der Waals surface area contributed by atoms with Gasteiger partial charge in [0.1, 0.15) is 11.6 Å². The smallest absolute Gasteiger partial charge is 0.123 e. The Balaban J connectivity index is 1.34. The van der Waals surface area contributed by atoms with E-state index in [-0.39, 0.29) is 11.2 Å². The van der Waals surface area contributed by atoms with Crippen LogP contribution in [0.5, 0.6) is 0 Å². The van der Waals surface area contributed by atoms with Gasteiger partial charge < -0.3 is 4.57 Å². The molecule has 1 aromatic carbocycles. The molecule has 0 radical (unpaired) electrons. The maximum absolute atomic E-state index is 13.2. The number of imidazole rings is 1. The predicted octanol–water partition coefficient (Wildman–Crippen LogP) is 3.53. The molecule has 0 aliphatic carbocycles. The van der Waals surface area contributed by atoms with Crippen molar-refractivity contribution >= 4 is 0 Å². The second-order valence-corrected chi connectivity index (χ2v) is 7.61. The fourth-order valence-corrected chi connectivity index (χ4v) is 4.47. The van der Waals surface area contributed by atoms with E-state index in [0.29, 0.717) is 0 Å². The van der Waals surface area contributed by atoms with E-state index >= 15 is 0 Å². The van der Waals surface area contributed by atoms with Gasteiger partial charge in [-0.2, -0.15) is 0 Å². The Morgan fingerprint density at radius 3 is 2.73 bits per heavy atom. The number of hydrogen-bond acceptors (Lipinski definition) is 3. The van der Waals surface area contributed by atoms with Gasteiger partial charge in [-0.15, -0.1) is 0 Å². The summed E-state index contributed by atoms with van der Waals surface area (Å²) in [6, 6.07) is 12.8. The first-order valence-corrected chi connectivity index (χ1v) is 9.13. The average Bonchev–Trinajstić information content (AvgIpc) is 3.32. The summed E-state index contributed by atoms with van der Waals surface area (Å²) in [4.78, 5) is 11.6. The lowest BCUT2D eigenvalue weighted by Gasteiger charge is -2.23. The van der Waals surface area contributed by atoms with Gasteiger partial charge in [-0.25, -0.2) is 9.37 Å². The molecule has 1 spiro atoms. The molecule has 4 heterocycles. The number of nitrogens with zero attached hydrogens (tertiary/aromatic N) is 4. The van der Waals surface area contributed by atoms with Crippen molar-refractivity contribution in [3.63, 3.8) is 0 Å². The summed E-state index contributed by atoms with van der Waals surface area (Å²) < 4.78 is 15.6. The molecule has 2 aliphatic heterocycles. The number of rotatable bonds is 3. The molecule has 0 amide bonds. The van der Waals surface area contributed by atoms with E-state index in [1.165, 1.54) is 18.6 Å². The van der Waals surface area contributed by atoms with Crippen molar-refractivity contribution < 1.29 is 4.39 Å². The van der Waals surface area contributed by atoms with Crippen molar-refractivity contribution in [3.05, 3.63) is 72.2 Å². The molecular weight excluding hydrogens is 327 g/mol. The normalized spacial score (nSPS) is 22.2. The summed E-state index contributed by atoms with van der Waals surface area (Å²) in [5, 5.41) is 0. The molecule has 26 heavy (non-hydrogen) atoms. The van der Waals surface area contributed by atoms with Gasteiger partial charge in [0.15, 0.2) is 0 Å². The molecule has 0 bridgehead atoms. The fourth-order valence-electron chi connectivity index (χ4n) is 4.47. The highest BCUT2D eigenvalue weighted by Crippen LogP contribution is 2.42. The Morgan fingerprint density at radius 2 is 1.92 bits per heavy atom. The van der Waals surface area contributed by atoms with Crippen molar-refractivity contribution in [3.8, 4) is 11.3 Å².